The first-order valence-electron chi connectivity index (χ1n) is 5.49. The Bertz CT molecular complexity index is 205. The molecule has 2 heteroatoms. The van der Waals surface area contributed by atoms with Crippen LogP contribution in [0.2, 0.25) is 0 Å². The molecule has 0 aromatic heterocycles. The van der Waals surface area contributed by atoms with E-state index in [-0.39, 0.29) is 11.5 Å². The molecule has 1 saturated heterocycles. The maximum absolute atomic E-state index is 11.8. The number of rotatable bonds is 2. The summed E-state index contributed by atoms with van der Waals surface area (Å²) in [6, 6.07) is 0. The lowest BCUT2D eigenvalue weighted by atomic mass is 9.86. The van der Waals surface area contributed by atoms with Crippen molar-refractivity contribution in [3.05, 3.63) is 0 Å². The highest BCUT2D eigenvalue weighted by molar-refractivity contribution is 5.84. The van der Waals surface area contributed by atoms with Gasteiger partial charge in [-0.3, -0.25) is 4.79 Å². The fourth-order valence-corrected chi connectivity index (χ4v) is 1.74. The molecular weight excluding hydrogens is 176 g/mol. The van der Waals surface area contributed by atoms with Crippen molar-refractivity contribution >= 4 is 5.78 Å². The molecule has 0 aromatic carbocycles. The number of hydrogen-bond donors (Lipinski definition) is 0. The highest BCUT2D eigenvalue weighted by Crippen LogP contribution is 2.30. The number of carbonyl (C=O) groups is 1. The zero-order valence-electron chi connectivity index (χ0n) is 9.96. The van der Waals surface area contributed by atoms with Crippen LogP contribution in [0.5, 0.6) is 0 Å². The summed E-state index contributed by atoms with van der Waals surface area (Å²) in [6.07, 6.45) is 2.08. The predicted octanol–water partition coefficient (Wildman–Crippen LogP) is 2.81. The summed E-state index contributed by atoms with van der Waals surface area (Å²) in [5.74, 6) is 0.900. The van der Waals surface area contributed by atoms with Crippen LogP contribution in [0.3, 0.4) is 0 Å². The number of carbonyl (C=O) groups excluding carboxylic acids is 1. The SMILES string of the molecule is C[C@H]1C[C@@H](CC(=O)C(C)(C)C)O[C@@H]1C. The summed E-state index contributed by atoms with van der Waals surface area (Å²) in [5.41, 5.74) is -0.224. The van der Waals surface area contributed by atoms with E-state index in [1.165, 1.54) is 0 Å². The molecule has 0 N–H and O–H groups in total. The molecule has 0 radical (unpaired) electrons. The van der Waals surface area contributed by atoms with Crippen LogP contribution < -0.4 is 0 Å². The van der Waals surface area contributed by atoms with Gasteiger partial charge in [0, 0.05) is 11.8 Å². The predicted molar refractivity (Wildman–Crippen MR) is 57.2 cm³/mol. The van der Waals surface area contributed by atoms with Crippen LogP contribution in [-0.2, 0) is 9.53 Å². The number of ketones is 1. The molecule has 1 aliphatic heterocycles. The third-order valence-corrected chi connectivity index (χ3v) is 3.09. The molecule has 1 aliphatic rings. The van der Waals surface area contributed by atoms with E-state index in [1.54, 1.807) is 0 Å². The largest absolute Gasteiger partial charge is 0.375 e. The van der Waals surface area contributed by atoms with E-state index >= 15 is 0 Å². The van der Waals surface area contributed by atoms with Crippen molar-refractivity contribution in [1.29, 1.82) is 0 Å². The highest BCUT2D eigenvalue weighted by Gasteiger charge is 2.32. The van der Waals surface area contributed by atoms with Gasteiger partial charge >= 0.3 is 0 Å². The lowest BCUT2D eigenvalue weighted by Gasteiger charge is -2.19. The maximum Gasteiger partial charge on any atom is 0.140 e. The summed E-state index contributed by atoms with van der Waals surface area (Å²) in [4.78, 5) is 11.8. The topological polar surface area (TPSA) is 26.3 Å². The van der Waals surface area contributed by atoms with Crippen molar-refractivity contribution in [2.75, 3.05) is 0 Å². The monoisotopic (exact) mass is 198 g/mol. The zero-order valence-corrected chi connectivity index (χ0v) is 9.96. The molecule has 1 rings (SSSR count). The number of Topliss-reactive ketones (excluding diaryl/α,β-unsaturated/α-hetero) is 1. The van der Waals surface area contributed by atoms with E-state index in [0.717, 1.165) is 6.42 Å². The van der Waals surface area contributed by atoms with Crippen molar-refractivity contribution in [2.45, 2.75) is 59.7 Å². The number of ether oxygens (including phenoxy) is 1. The third kappa shape index (κ3) is 2.81. The summed E-state index contributed by atoms with van der Waals surface area (Å²) in [5, 5.41) is 0. The molecule has 0 aromatic rings. The van der Waals surface area contributed by atoms with Gasteiger partial charge in [-0.05, 0) is 19.3 Å². The Balaban J connectivity index is 2.44. The van der Waals surface area contributed by atoms with Crippen LogP contribution in [0.1, 0.15) is 47.5 Å². The molecule has 14 heavy (non-hydrogen) atoms. The molecule has 1 heterocycles. The van der Waals surface area contributed by atoms with E-state index < -0.39 is 0 Å². The van der Waals surface area contributed by atoms with Crippen molar-refractivity contribution < 1.29 is 9.53 Å². The van der Waals surface area contributed by atoms with Crippen molar-refractivity contribution in [3.63, 3.8) is 0 Å². The van der Waals surface area contributed by atoms with E-state index in [9.17, 15) is 4.79 Å². The van der Waals surface area contributed by atoms with Gasteiger partial charge in [-0.25, -0.2) is 0 Å². The van der Waals surface area contributed by atoms with Crippen LogP contribution >= 0.6 is 0 Å². The standard InChI is InChI=1S/C12H22O2/c1-8-6-10(14-9(8)2)7-11(13)12(3,4)5/h8-10H,6-7H2,1-5H3/t8-,9+,10-/m0/s1. The second kappa shape index (κ2) is 4.01. The van der Waals surface area contributed by atoms with E-state index in [4.69, 9.17) is 4.74 Å². The first-order valence-corrected chi connectivity index (χ1v) is 5.49. The van der Waals surface area contributed by atoms with Gasteiger partial charge in [0.15, 0.2) is 0 Å². The van der Waals surface area contributed by atoms with Gasteiger partial charge in [-0.1, -0.05) is 27.7 Å². The molecule has 82 valence electrons. The Morgan fingerprint density at radius 1 is 1.36 bits per heavy atom. The Morgan fingerprint density at radius 2 is 1.93 bits per heavy atom. The smallest absolute Gasteiger partial charge is 0.140 e. The minimum atomic E-state index is -0.224. The van der Waals surface area contributed by atoms with Crippen LogP contribution in [0.15, 0.2) is 0 Å². The summed E-state index contributed by atoms with van der Waals surface area (Å²) in [7, 11) is 0. The van der Waals surface area contributed by atoms with E-state index in [2.05, 4.69) is 13.8 Å². The molecule has 0 aliphatic carbocycles. The van der Waals surface area contributed by atoms with Gasteiger partial charge in [0.05, 0.1) is 12.2 Å². The fraction of sp³-hybridized carbons (Fsp3) is 0.917. The normalized spacial score (nSPS) is 33.4. The van der Waals surface area contributed by atoms with Gasteiger partial charge < -0.3 is 4.74 Å². The maximum atomic E-state index is 11.8. The van der Waals surface area contributed by atoms with E-state index in [1.807, 2.05) is 20.8 Å². The molecule has 0 bridgehead atoms. The number of hydrogen-bond acceptors (Lipinski definition) is 2. The van der Waals surface area contributed by atoms with Crippen molar-refractivity contribution in [3.8, 4) is 0 Å². The van der Waals surface area contributed by atoms with Crippen LogP contribution in [-0.4, -0.2) is 18.0 Å². The Labute approximate surface area is 87.0 Å². The molecule has 0 saturated carbocycles. The lowest BCUT2D eigenvalue weighted by Crippen LogP contribution is -2.25. The molecule has 0 unspecified atom stereocenters. The van der Waals surface area contributed by atoms with Gasteiger partial charge in [-0.15, -0.1) is 0 Å². The van der Waals surface area contributed by atoms with Crippen molar-refractivity contribution in [2.24, 2.45) is 11.3 Å². The summed E-state index contributed by atoms with van der Waals surface area (Å²) < 4.78 is 5.72. The molecule has 0 amide bonds. The van der Waals surface area contributed by atoms with Gasteiger partial charge in [0.25, 0.3) is 0 Å². The average Bonchev–Trinajstić information content (AvgIpc) is 2.29. The first kappa shape index (κ1) is 11.7. The fourth-order valence-electron chi connectivity index (χ4n) is 1.74. The Morgan fingerprint density at radius 3 is 2.29 bits per heavy atom. The van der Waals surface area contributed by atoms with Gasteiger partial charge in [0.1, 0.15) is 5.78 Å². The highest BCUT2D eigenvalue weighted by atomic mass is 16.5. The van der Waals surface area contributed by atoms with Crippen LogP contribution in [0.4, 0.5) is 0 Å². The summed E-state index contributed by atoms with van der Waals surface area (Å²) >= 11 is 0. The van der Waals surface area contributed by atoms with Crippen molar-refractivity contribution in [1.82, 2.24) is 0 Å². The Kier molecular flexibility index (Phi) is 3.36. The molecule has 0 spiro atoms. The van der Waals surface area contributed by atoms with Crippen LogP contribution in [0.25, 0.3) is 0 Å². The molecule has 3 atom stereocenters. The molecular formula is C12H22O2. The molecule has 2 nitrogen and oxygen atoms in total. The third-order valence-electron chi connectivity index (χ3n) is 3.09. The average molecular weight is 198 g/mol. The summed E-state index contributed by atoms with van der Waals surface area (Å²) in [6.45, 7) is 10.2. The van der Waals surface area contributed by atoms with E-state index in [0.29, 0.717) is 24.2 Å². The Hall–Kier alpha value is -0.370. The minimum absolute atomic E-state index is 0.159. The second-order valence-electron chi connectivity index (χ2n) is 5.55. The minimum Gasteiger partial charge on any atom is -0.375 e. The first-order chi connectivity index (χ1) is 6.30. The zero-order chi connectivity index (χ0) is 10.9. The van der Waals surface area contributed by atoms with Crippen LogP contribution in [0, 0.1) is 11.3 Å². The second-order valence-corrected chi connectivity index (χ2v) is 5.55. The van der Waals surface area contributed by atoms with Gasteiger partial charge in [-0.2, -0.15) is 0 Å². The quantitative estimate of drug-likeness (QED) is 0.682. The molecule has 1 fully saturated rings. The lowest BCUT2D eigenvalue weighted by molar-refractivity contribution is -0.128. The van der Waals surface area contributed by atoms with Gasteiger partial charge in [0.2, 0.25) is 0 Å².